The van der Waals surface area contributed by atoms with Crippen molar-refractivity contribution in [1.29, 1.82) is 5.26 Å². The molecule has 4 heteroatoms. The van der Waals surface area contributed by atoms with Crippen LogP contribution in [0.3, 0.4) is 0 Å². The maximum absolute atomic E-state index is 13.2. The number of benzene rings is 3. The summed E-state index contributed by atoms with van der Waals surface area (Å²) in [5.74, 6) is 0.479. The highest BCUT2D eigenvalue weighted by Gasteiger charge is 2.16. The quantitative estimate of drug-likeness (QED) is 0.453. The molecule has 0 spiro atoms. The molecule has 0 atom stereocenters. The number of carbonyl (C=O) groups is 1. The fourth-order valence-electron chi connectivity index (χ4n) is 4.08. The molecule has 30 heavy (non-hydrogen) atoms. The number of hydrogen-bond acceptors (Lipinski definition) is 4. The van der Waals surface area contributed by atoms with E-state index in [0.29, 0.717) is 29.0 Å². The first-order valence-electron chi connectivity index (χ1n) is 9.82. The number of methoxy groups -OCH3 is 1. The van der Waals surface area contributed by atoms with E-state index in [1.165, 1.54) is 5.56 Å². The summed E-state index contributed by atoms with van der Waals surface area (Å²) in [6.45, 7) is 0. The van der Waals surface area contributed by atoms with Gasteiger partial charge in [-0.1, -0.05) is 24.3 Å². The van der Waals surface area contributed by atoms with Gasteiger partial charge in [-0.3, -0.25) is 4.79 Å². The topological polar surface area (TPSA) is 63.0 Å². The molecular formula is C26H18N2O2. The molecule has 0 fully saturated rings. The molecule has 4 nitrogen and oxygen atoms in total. The number of pyridine rings is 1. The third kappa shape index (κ3) is 3.01. The minimum absolute atomic E-state index is 0.0598. The molecule has 0 N–H and O–H groups in total. The number of hydrogen-bond donors (Lipinski definition) is 0. The second kappa shape index (κ2) is 7.13. The summed E-state index contributed by atoms with van der Waals surface area (Å²) in [6.07, 6.45) is 1.48. The summed E-state index contributed by atoms with van der Waals surface area (Å²) in [5.41, 5.74) is 6.69. The summed E-state index contributed by atoms with van der Waals surface area (Å²) in [4.78, 5) is 17.8. The van der Waals surface area contributed by atoms with Gasteiger partial charge in [-0.15, -0.1) is 0 Å². The van der Waals surface area contributed by atoms with Crippen molar-refractivity contribution in [3.8, 4) is 23.1 Å². The Hall–Kier alpha value is -3.97. The molecule has 5 rings (SSSR count). The lowest BCUT2D eigenvalue weighted by Gasteiger charge is -2.11. The Morgan fingerprint density at radius 2 is 1.77 bits per heavy atom. The van der Waals surface area contributed by atoms with E-state index in [4.69, 9.17) is 4.74 Å². The van der Waals surface area contributed by atoms with Gasteiger partial charge in [-0.05, 0) is 71.5 Å². The van der Waals surface area contributed by atoms with Crippen LogP contribution in [-0.2, 0) is 12.8 Å². The molecule has 1 aliphatic carbocycles. The molecule has 4 aromatic rings. The van der Waals surface area contributed by atoms with Crippen molar-refractivity contribution >= 4 is 16.7 Å². The minimum Gasteiger partial charge on any atom is -0.481 e. The van der Waals surface area contributed by atoms with Crippen LogP contribution in [-0.4, -0.2) is 17.9 Å². The normalized spacial score (nSPS) is 12.6. The molecule has 0 saturated carbocycles. The van der Waals surface area contributed by atoms with Gasteiger partial charge in [0.2, 0.25) is 5.88 Å². The van der Waals surface area contributed by atoms with E-state index < -0.39 is 0 Å². The Kier molecular flexibility index (Phi) is 4.30. The Morgan fingerprint density at radius 1 is 0.933 bits per heavy atom. The molecule has 144 valence electrons. The smallest absolute Gasteiger partial charge is 0.214 e. The van der Waals surface area contributed by atoms with Gasteiger partial charge in [0.25, 0.3) is 0 Å². The molecule has 0 unspecified atom stereocenters. The molecule has 0 radical (unpaired) electrons. The van der Waals surface area contributed by atoms with Crippen LogP contribution in [0.5, 0.6) is 5.88 Å². The second-order valence-corrected chi connectivity index (χ2v) is 7.46. The molecule has 6 bridgehead atoms. The van der Waals surface area contributed by atoms with Gasteiger partial charge in [0.1, 0.15) is 0 Å². The third-order valence-electron chi connectivity index (χ3n) is 5.67. The maximum Gasteiger partial charge on any atom is 0.214 e. The van der Waals surface area contributed by atoms with E-state index in [0.717, 1.165) is 34.0 Å². The van der Waals surface area contributed by atoms with E-state index in [-0.39, 0.29) is 5.78 Å². The number of nitriles is 1. The van der Waals surface area contributed by atoms with Crippen LogP contribution in [0, 0.1) is 11.3 Å². The highest BCUT2D eigenvalue weighted by Crippen LogP contribution is 2.33. The summed E-state index contributed by atoms with van der Waals surface area (Å²) in [6, 6.07) is 23.4. The Bertz CT molecular complexity index is 1370. The van der Waals surface area contributed by atoms with Gasteiger partial charge in [0.05, 0.1) is 24.3 Å². The lowest BCUT2D eigenvalue weighted by atomic mass is 9.95. The molecule has 1 heterocycles. The number of ketones is 1. The van der Waals surface area contributed by atoms with Gasteiger partial charge < -0.3 is 4.74 Å². The summed E-state index contributed by atoms with van der Waals surface area (Å²) in [5, 5.41) is 10.4. The average molecular weight is 390 g/mol. The largest absolute Gasteiger partial charge is 0.481 e. The fourth-order valence-corrected chi connectivity index (χ4v) is 4.08. The van der Waals surface area contributed by atoms with Crippen molar-refractivity contribution in [2.75, 3.05) is 7.11 Å². The fraction of sp³-hybridized carbons (Fsp3) is 0.115. The van der Waals surface area contributed by atoms with Gasteiger partial charge in [0, 0.05) is 22.6 Å². The van der Waals surface area contributed by atoms with Gasteiger partial charge >= 0.3 is 0 Å². The number of carbonyl (C=O) groups excluding carboxylic acids is 1. The van der Waals surface area contributed by atoms with Crippen LogP contribution < -0.4 is 4.74 Å². The lowest BCUT2D eigenvalue weighted by Crippen LogP contribution is -2.04. The number of nitrogens with zero attached hydrogens (tertiary/aromatic N) is 2. The average Bonchev–Trinajstić information content (AvgIpc) is 2.80. The van der Waals surface area contributed by atoms with Crippen molar-refractivity contribution in [1.82, 2.24) is 4.98 Å². The summed E-state index contributed by atoms with van der Waals surface area (Å²) >= 11 is 0. The first-order chi connectivity index (χ1) is 14.7. The predicted octanol–water partition coefficient (Wildman–Crippen LogP) is 5.11. The first kappa shape index (κ1) is 18.1. The van der Waals surface area contributed by atoms with Crippen molar-refractivity contribution in [2.24, 2.45) is 0 Å². The molecule has 0 saturated heterocycles. The number of ether oxygens (including phenoxy) is 1. The summed E-state index contributed by atoms with van der Waals surface area (Å²) in [7, 11) is 1.61. The highest BCUT2D eigenvalue weighted by atomic mass is 16.5. The van der Waals surface area contributed by atoms with E-state index in [1.54, 1.807) is 25.3 Å². The number of fused-ring (bicyclic) bond motifs is 6. The van der Waals surface area contributed by atoms with Crippen molar-refractivity contribution in [2.45, 2.75) is 12.8 Å². The van der Waals surface area contributed by atoms with Crippen molar-refractivity contribution in [3.63, 3.8) is 0 Å². The van der Waals surface area contributed by atoms with E-state index in [2.05, 4.69) is 29.3 Å². The Balaban J connectivity index is 1.82. The molecule has 3 aromatic carbocycles. The van der Waals surface area contributed by atoms with Crippen LogP contribution in [0.4, 0.5) is 0 Å². The molecule has 1 aromatic heterocycles. The van der Waals surface area contributed by atoms with Crippen LogP contribution in [0.2, 0.25) is 0 Å². The summed E-state index contributed by atoms with van der Waals surface area (Å²) < 4.78 is 5.42. The van der Waals surface area contributed by atoms with Crippen LogP contribution in [0.1, 0.15) is 32.6 Å². The molecular weight excluding hydrogens is 372 g/mol. The van der Waals surface area contributed by atoms with Crippen molar-refractivity contribution < 1.29 is 9.53 Å². The van der Waals surface area contributed by atoms with E-state index in [9.17, 15) is 10.1 Å². The number of rotatable bonds is 1. The molecule has 0 amide bonds. The maximum atomic E-state index is 13.2. The van der Waals surface area contributed by atoms with Crippen molar-refractivity contribution in [3.05, 3.63) is 94.5 Å². The zero-order valence-electron chi connectivity index (χ0n) is 16.5. The monoisotopic (exact) mass is 390 g/mol. The van der Waals surface area contributed by atoms with Gasteiger partial charge in [-0.25, -0.2) is 4.98 Å². The highest BCUT2D eigenvalue weighted by molar-refractivity contribution is 6.11. The second-order valence-electron chi connectivity index (χ2n) is 7.46. The zero-order valence-corrected chi connectivity index (χ0v) is 16.5. The predicted molar refractivity (Wildman–Crippen MR) is 116 cm³/mol. The first-order valence-corrected chi connectivity index (χ1v) is 9.82. The van der Waals surface area contributed by atoms with E-state index in [1.807, 2.05) is 30.3 Å². The van der Waals surface area contributed by atoms with Gasteiger partial charge in [0.15, 0.2) is 5.78 Å². The van der Waals surface area contributed by atoms with Crippen LogP contribution in [0.15, 0.2) is 66.7 Å². The lowest BCUT2D eigenvalue weighted by molar-refractivity contribution is 0.103. The Labute approximate surface area is 174 Å². The third-order valence-corrected chi connectivity index (χ3v) is 5.67. The van der Waals surface area contributed by atoms with Crippen LogP contribution >= 0.6 is 0 Å². The van der Waals surface area contributed by atoms with E-state index >= 15 is 0 Å². The number of aryl methyl sites for hydroxylation is 2. The Morgan fingerprint density at radius 3 is 2.60 bits per heavy atom. The molecule has 1 aliphatic rings. The number of aromatic nitrogens is 1. The molecule has 0 aliphatic heterocycles. The minimum atomic E-state index is -0.0598. The standard InChI is InChI=1S/C26H18N2O2/c1-30-25-14-22-18-4-2-3-16(11-18)5-6-17-12-19(7-8-21(17)15-27)26(29)20-9-10-24(28-25)23(22)13-20/h2-4,7-14H,5-6H2,1H3. The van der Waals surface area contributed by atoms with Gasteiger partial charge in [-0.2, -0.15) is 5.26 Å². The van der Waals surface area contributed by atoms with Crippen LogP contribution in [0.25, 0.3) is 22.0 Å². The SMILES string of the molecule is COc1cc2c3cc(ccc3n1)C(=O)c1ccc(C#N)c(c1)CCc1cccc-2c1. The zero-order chi connectivity index (χ0) is 20.7.